The van der Waals surface area contributed by atoms with Crippen molar-refractivity contribution in [3.8, 4) is 0 Å². The van der Waals surface area contributed by atoms with Gasteiger partial charge in [-0.15, -0.1) is 0 Å². The Balaban J connectivity index is 1.60. The molecule has 1 aromatic carbocycles. The fourth-order valence-corrected chi connectivity index (χ4v) is 1.76. The van der Waals surface area contributed by atoms with Crippen LogP contribution in [0.15, 0.2) is 30.3 Å². The molecule has 1 saturated carbocycles. The number of unbranched alkanes of at least 4 members (excludes halogenated alkanes) is 1. The maximum absolute atomic E-state index is 11.5. The summed E-state index contributed by atoms with van der Waals surface area (Å²) >= 11 is 0. The zero-order valence-electron chi connectivity index (χ0n) is 9.52. The Bertz CT molecular complexity index is 328. The molecule has 86 valence electrons. The van der Waals surface area contributed by atoms with E-state index in [1.54, 1.807) is 12.1 Å². The molecule has 1 aromatic rings. The van der Waals surface area contributed by atoms with Gasteiger partial charge in [-0.05, 0) is 30.9 Å². The first-order chi connectivity index (χ1) is 7.86. The number of esters is 1. The van der Waals surface area contributed by atoms with Gasteiger partial charge in [0.25, 0.3) is 0 Å². The van der Waals surface area contributed by atoms with E-state index >= 15 is 0 Å². The third-order valence-corrected chi connectivity index (χ3v) is 2.95. The van der Waals surface area contributed by atoms with E-state index < -0.39 is 0 Å². The SMILES string of the molecule is O=C(OCCCCC1CC1)c1ccccc1. The number of carbonyl (C=O) groups excluding carboxylic acids is 1. The van der Waals surface area contributed by atoms with E-state index in [1.807, 2.05) is 18.2 Å². The van der Waals surface area contributed by atoms with E-state index in [1.165, 1.54) is 25.7 Å². The van der Waals surface area contributed by atoms with E-state index in [4.69, 9.17) is 4.74 Å². The van der Waals surface area contributed by atoms with E-state index in [-0.39, 0.29) is 5.97 Å². The third-order valence-electron chi connectivity index (χ3n) is 2.95. The van der Waals surface area contributed by atoms with Crippen molar-refractivity contribution in [2.24, 2.45) is 5.92 Å². The van der Waals surface area contributed by atoms with Crippen LogP contribution in [0.1, 0.15) is 42.5 Å². The molecule has 0 bridgehead atoms. The van der Waals surface area contributed by atoms with Gasteiger partial charge in [-0.3, -0.25) is 0 Å². The van der Waals surface area contributed by atoms with E-state index in [9.17, 15) is 4.79 Å². The van der Waals surface area contributed by atoms with Crippen molar-refractivity contribution in [2.75, 3.05) is 6.61 Å². The Morgan fingerprint density at radius 1 is 1.19 bits per heavy atom. The summed E-state index contributed by atoms with van der Waals surface area (Å²) in [6.07, 6.45) is 6.30. The number of benzene rings is 1. The number of carbonyl (C=O) groups is 1. The molecule has 0 spiro atoms. The zero-order chi connectivity index (χ0) is 11.2. The Morgan fingerprint density at radius 3 is 2.62 bits per heavy atom. The summed E-state index contributed by atoms with van der Waals surface area (Å²) in [6, 6.07) is 9.17. The molecule has 0 N–H and O–H groups in total. The topological polar surface area (TPSA) is 26.3 Å². The van der Waals surface area contributed by atoms with Crippen LogP contribution >= 0.6 is 0 Å². The molecule has 1 fully saturated rings. The molecule has 0 heterocycles. The van der Waals surface area contributed by atoms with Crippen LogP contribution in [0.5, 0.6) is 0 Å². The minimum Gasteiger partial charge on any atom is -0.462 e. The molecule has 1 aliphatic rings. The van der Waals surface area contributed by atoms with Crippen LogP contribution in [0, 0.1) is 5.92 Å². The standard InChI is InChI=1S/C14H18O2/c15-14(13-7-2-1-3-8-13)16-11-5-4-6-12-9-10-12/h1-3,7-8,12H,4-6,9-11H2. The minimum atomic E-state index is -0.202. The minimum absolute atomic E-state index is 0.202. The first kappa shape index (κ1) is 11.2. The lowest BCUT2D eigenvalue weighted by Crippen LogP contribution is -2.06. The van der Waals surface area contributed by atoms with Gasteiger partial charge >= 0.3 is 5.97 Å². The highest BCUT2D eigenvalue weighted by Gasteiger charge is 2.19. The normalized spacial score (nSPS) is 14.8. The summed E-state index contributed by atoms with van der Waals surface area (Å²) < 4.78 is 5.19. The summed E-state index contributed by atoms with van der Waals surface area (Å²) in [5.41, 5.74) is 0.643. The maximum Gasteiger partial charge on any atom is 0.338 e. The summed E-state index contributed by atoms with van der Waals surface area (Å²) in [5.74, 6) is 0.775. The smallest absolute Gasteiger partial charge is 0.338 e. The van der Waals surface area contributed by atoms with Crippen molar-refractivity contribution >= 4 is 5.97 Å². The second-order valence-electron chi connectivity index (χ2n) is 4.44. The lowest BCUT2D eigenvalue weighted by atomic mass is 10.2. The van der Waals surface area contributed by atoms with Gasteiger partial charge in [0.1, 0.15) is 0 Å². The molecule has 2 nitrogen and oxygen atoms in total. The molecule has 0 radical (unpaired) electrons. The zero-order valence-corrected chi connectivity index (χ0v) is 9.52. The van der Waals surface area contributed by atoms with Crippen LogP contribution in [0.2, 0.25) is 0 Å². The van der Waals surface area contributed by atoms with E-state index in [2.05, 4.69) is 0 Å². The highest BCUT2D eigenvalue weighted by atomic mass is 16.5. The van der Waals surface area contributed by atoms with Crippen molar-refractivity contribution in [1.82, 2.24) is 0 Å². The van der Waals surface area contributed by atoms with Crippen LogP contribution < -0.4 is 0 Å². The fourth-order valence-electron chi connectivity index (χ4n) is 1.76. The van der Waals surface area contributed by atoms with E-state index in [0.717, 1.165) is 12.3 Å². The average molecular weight is 218 g/mol. The molecular formula is C14H18O2. The van der Waals surface area contributed by atoms with Crippen molar-refractivity contribution < 1.29 is 9.53 Å². The van der Waals surface area contributed by atoms with Crippen molar-refractivity contribution in [1.29, 1.82) is 0 Å². The van der Waals surface area contributed by atoms with Crippen LogP contribution in [0.3, 0.4) is 0 Å². The molecule has 0 aliphatic heterocycles. The monoisotopic (exact) mass is 218 g/mol. The first-order valence-corrected chi connectivity index (χ1v) is 6.08. The van der Waals surface area contributed by atoms with Crippen molar-refractivity contribution in [2.45, 2.75) is 32.1 Å². The molecule has 0 aromatic heterocycles. The highest BCUT2D eigenvalue weighted by molar-refractivity contribution is 5.89. The van der Waals surface area contributed by atoms with Gasteiger partial charge in [0.2, 0.25) is 0 Å². The molecule has 0 atom stereocenters. The lowest BCUT2D eigenvalue weighted by Gasteiger charge is -2.04. The lowest BCUT2D eigenvalue weighted by molar-refractivity contribution is 0.0497. The van der Waals surface area contributed by atoms with Crippen LogP contribution in [-0.4, -0.2) is 12.6 Å². The average Bonchev–Trinajstić information content (AvgIpc) is 3.13. The van der Waals surface area contributed by atoms with Crippen molar-refractivity contribution in [3.05, 3.63) is 35.9 Å². The quantitative estimate of drug-likeness (QED) is 0.540. The number of rotatable bonds is 6. The van der Waals surface area contributed by atoms with Gasteiger partial charge in [-0.2, -0.15) is 0 Å². The van der Waals surface area contributed by atoms with E-state index in [0.29, 0.717) is 12.2 Å². The highest BCUT2D eigenvalue weighted by Crippen LogP contribution is 2.33. The summed E-state index contributed by atoms with van der Waals surface area (Å²) in [7, 11) is 0. The summed E-state index contributed by atoms with van der Waals surface area (Å²) in [6.45, 7) is 0.556. The van der Waals surface area contributed by atoms with Gasteiger partial charge in [0.15, 0.2) is 0 Å². The molecule has 0 unspecified atom stereocenters. The summed E-state index contributed by atoms with van der Waals surface area (Å²) in [5, 5.41) is 0. The number of hydrogen-bond donors (Lipinski definition) is 0. The Hall–Kier alpha value is -1.31. The maximum atomic E-state index is 11.5. The molecule has 0 saturated heterocycles. The van der Waals surface area contributed by atoms with Crippen LogP contribution in [-0.2, 0) is 4.74 Å². The molecule has 2 heteroatoms. The number of hydrogen-bond acceptors (Lipinski definition) is 2. The largest absolute Gasteiger partial charge is 0.462 e. The Kier molecular flexibility index (Phi) is 3.97. The van der Waals surface area contributed by atoms with Gasteiger partial charge < -0.3 is 4.74 Å². The molecule has 1 aliphatic carbocycles. The second kappa shape index (κ2) is 5.69. The number of ether oxygens (including phenoxy) is 1. The molecular weight excluding hydrogens is 200 g/mol. The predicted molar refractivity (Wildman–Crippen MR) is 63.3 cm³/mol. The predicted octanol–water partition coefficient (Wildman–Crippen LogP) is 3.42. The fraction of sp³-hybridized carbons (Fsp3) is 0.500. The van der Waals surface area contributed by atoms with Gasteiger partial charge in [0, 0.05) is 0 Å². The summed E-state index contributed by atoms with van der Waals surface area (Å²) in [4.78, 5) is 11.5. The van der Waals surface area contributed by atoms with Gasteiger partial charge in [-0.25, -0.2) is 4.79 Å². The molecule has 2 rings (SSSR count). The first-order valence-electron chi connectivity index (χ1n) is 6.08. The second-order valence-corrected chi connectivity index (χ2v) is 4.44. The van der Waals surface area contributed by atoms with Crippen LogP contribution in [0.4, 0.5) is 0 Å². The molecule has 16 heavy (non-hydrogen) atoms. The Labute approximate surface area is 96.6 Å². The van der Waals surface area contributed by atoms with Crippen molar-refractivity contribution in [3.63, 3.8) is 0 Å². The Morgan fingerprint density at radius 2 is 1.94 bits per heavy atom. The molecule has 0 amide bonds. The van der Waals surface area contributed by atoms with Gasteiger partial charge in [0.05, 0.1) is 12.2 Å². The van der Waals surface area contributed by atoms with Gasteiger partial charge in [-0.1, -0.05) is 37.5 Å². The third kappa shape index (κ3) is 3.69. The van der Waals surface area contributed by atoms with Crippen LogP contribution in [0.25, 0.3) is 0 Å².